The van der Waals surface area contributed by atoms with Gasteiger partial charge in [0.05, 0.1) is 18.8 Å². The van der Waals surface area contributed by atoms with E-state index in [9.17, 15) is 5.11 Å². The van der Waals surface area contributed by atoms with Gasteiger partial charge in [-0.3, -0.25) is 4.98 Å². The highest BCUT2D eigenvalue weighted by Gasteiger charge is 2.06. The van der Waals surface area contributed by atoms with Crippen molar-refractivity contribution in [1.82, 2.24) is 4.98 Å². The fourth-order valence-corrected chi connectivity index (χ4v) is 1.25. The molecule has 0 aliphatic rings. The fraction of sp³-hybridized carbons (Fsp3) is 0.583. The normalized spacial score (nSPS) is 13.1. The number of aryl methyl sites for hydroxylation is 1. The molecule has 0 radical (unpaired) electrons. The Balaban J connectivity index is 2.19. The quantitative estimate of drug-likeness (QED) is 0.776. The number of aliphatic hydroxyl groups is 1. The zero-order valence-electron chi connectivity index (χ0n) is 9.39. The first-order valence-corrected chi connectivity index (χ1v) is 5.38. The molecule has 0 unspecified atom stereocenters. The zero-order valence-corrected chi connectivity index (χ0v) is 9.39. The molecular weight excluding hydrogens is 190 g/mol. The standard InChI is InChI=1S/C12H19NO2/c1-10(2)15-9-12(14)7-6-11-5-3-4-8-13-11/h3-5,8,10,12,14H,6-7,9H2,1-2H3/t12-/m0/s1. The highest BCUT2D eigenvalue weighted by Crippen LogP contribution is 2.03. The maximum Gasteiger partial charge on any atom is 0.0777 e. The van der Waals surface area contributed by atoms with Crippen LogP contribution in [-0.4, -0.2) is 28.9 Å². The lowest BCUT2D eigenvalue weighted by atomic mass is 10.1. The van der Waals surface area contributed by atoms with Gasteiger partial charge in [0.25, 0.3) is 0 Å². The monoisotopic (exact) mass is 209 g/mol. The summed E-state index contributed by atoms with van der Waals surface area (Å²) in [5, 5.41) is 9.61. The Hall–Kier alpha value is -0.930. The van der Waals surface area contributed by atoms with Crippen LogP contribution in [0.2, 0.25) is 0 Å². The van der Waals surface area contributed by atoms with Gasteiger partial charge in [-0.25, -0.2) is 0 Å². The van der Waals surface area contributed by atoms with E-state index in [1.165, 1.54) is 0 Å². The molecule has 0 amide bonds. The van der Waals surface area contributed by atoms with Gasteiger partial charge in [-0.1, -0.05) is 6.07 Å². The minimum atomic E-state index is -0.394. The SMILES string of the molecule is CC(C)OC[C@@H](O)CCc1ccccn1. The molecular formula is C12H19NO2. The van der Waals surface area contributed by atoms with Crippen molar-refractivity contribution < 1.29 is 9.84 Å². The van der Waals surface area contributed by atoms with E-state index in [0.717, 1.165) is 12.1 Å². The molecule has 1 atom stereocenters. The van der Waals surface area contributed by atoms with Crippen molar-refractivity contribution in [2.24, 2.45) is 0 Å². The van der Waals surface area contributed by atoms with E-state index in [1.54, 1.807) is 6.20 Å². The summed E-state index contributed by atoms with van der Waals surface area (Å²) in [6.07, 6.45) is 3.04. The summed E-state index contributed by atoms with van der Waals surface area (Å²) in [5.41, 5.74) is 1.01. The second kappa shape index (κ2) is 6.53. The van der Waals surface area contributed by atoms with Crippen molar-refractivity contribution in [3.8, 4) is 0 Å². The molecule has 1 aromatic rings. The van der Waals surface area contributed by atoms with Crippen molar-refractivity contribution in [3.05, 3.63) is 30.1 Å². The van der Waals surface area contributed by atoms with Crippen molar-refractivity contribution >= 4 is 0 Å². The molecule has 1 aromatic heterocycles. The molecule has 0 aromatic carbocycles. The molecule has 0 spiro atoms. The lowest BCUT2D eigenvalue weighted by Crippen LogP contribution is -2.19. The zero-order chi connectivity index (χ0) is 11.1. The number of hydrogen-bond acceptors (Lipinski definition) is 3. The molecule has 1 heterocycles. The van der Waals surface area contributed by atoms with Crippen LogP contribution in [0.25, 0.3) is 0 Å². The van der Waals surface area contributed by atoms with E-state index in [4.69, 9.17) is 4.74 Å². The third-order valence-electron chi connectivity index (χ3n) is 2.08. The van der Waals surface area contributed by atoms with E-state index in [-0.39, 0.29) is 6.10 Å². The molecule has 3 heteroatoms. The number of aliphatic hydroxyl groups excluding tert-OH is 1. The van der Waals surface area contributed by atoms with Crippen LogP contribution in [0.3, 0.4) is 0 Å². The second-order valence-electron chi connectivity index (χ2n) is 3.90. The Bertz CT molecular complexity index is 262. The van der Waals surface area contributed by atoms with E-state index in [0.29, 0.717) is 13.0 Å². The number of ether oxygens (including phenoxy) is 1. The number of rotatable bonds is 6. The van der Waals surface area contributed by atoms with Gasteiger partial charge in [-0.15, -0.1) is 0 Å². The molecule has 0 saturated carbocycles. The van der Waals surface area contributed by atoms with Gasteiger partial charge in [-0.2, -0.15) is 0 Å². The van der Waals surface area contributed by atoms with Crippen LogP contribution in [0.4, 0.5) is 0 Å². The van der Waals surface area contributed by atoms with E-state index < -0.39 is 6.10 Å². The Morgan fingerprint density at radius 3 is 2.80 bits per heavy atom. The van der Waals surface area contributed by atoms with E-state index >= 15 is 0 Å². The Kier molecular flexibility index (Phi) is 5.29. The summed E-state index contributed by atoms with van der Waals surface area (Å²) in [5.74, 6) is 0. The summed E-state index contributed by atoms with van der Waals surface area (Å²) in [6, 6.07) is 5.82. The highest BCUT2D eigenvalue weighted by molar-refractivity contribution is 5.03. The summed E-state index contributed by atoms with van der Waals surface area (Å²) in [4.78, 5) is 4.19. The van der Waals surface area contributed by atoms with Gasteiger partial charge in [0.2, 0.25) is 0 Å². The third-order valence-corrected chi connectivity index (χ3v) is 2.08. The number of hydrogen-bond donors (Lipinski definition) is 1. The van der Waals surface area contributed by atoms with Gasteiger partial charge in [0, 0.05) is 11.9 Å². The van der Waals surface area contributed by atoms with Gasteiger partial charge in [0.15, 0.2) is 0 Å². The van der Waals surface area contributed by atoms with Crippen molar-refractivity contribution in [3.63, 3.8) is 0 Å². The molecule has 0 bridgehead atoms. The summed E-state index contributed by atoms with van der Waals surface area (Å²) in [6.45, 7) is 4.33. The first-order chi connectivity index (χ1) is 7.18. The van der Waals surface area contributed by atoms with Crippen molar-refractivity contribution in [2.75, 3.05) is 6.61 Å². The van der Waals surface area contributed by atoms with Gasteiger partial charge in [0.1, 0.15) is 0 Å². The minimum absolute atomic E-state index is 0.175. The lowest BCUT2D eigenvalue weighted by Gasteiger charge is -2.12. The molecule has 0 aliphatic carbocycles. The molecule has 0 fully saturated rings. The Labute approximate surface area is 91.1 Å². The second-order valence-corrected chi connectivity index (χ2v) is 3.90. The van der Waals surface area contributed by atoms with Crippen LogP contribution in [0.15, 0.2) is 24.4 Å². The Morgan fingerprint density at radius 2 is 2.20 bits per heavy atom. The smallest absolute Gasteiger partial charge is 0.0777 e. The first kappa shape index (κ1) is 12.1. The number of pyridine rings is 1. The van der Waals surface area contributed by atoms with Crippen molar-refractivity contribution in [2.45, 2.75) is 38.9 Å². The van der Waals surface area contributed by atoms with Crippen LogP contribution < -0.4 is 0 Å². The molecule has 0 aliphatic heterocycles. The molecule has 0 saturated heterocycles. The topological polar surface area (TPSA) is 42.4 Å². The lowest BCUT2D eigenvalue weighted by molar-refractivity contribution is 0.00279. The summed E-state index contributed by atoms with van der Waals surface area (Å²) < 4.78 is 5.32. The van der Waals surface area contributed by atoms with E-state index in [2.05, 4.69) is 4.98 Å². The molecule has 1 rings (SSSR count). The van der Waals surface area contributed by atoms with Gasteiger partial charge in [-0.05, 0) is 38.8 Å². The van der Waals surface area contributed by atoms with Crippen molar-refractivity contribution in [1.29, 1.82) is 0 Å². The molecule has 1 N–H and O–H groups in total. The van der Waals surface area contributed by atoms with Crippen LogP contribution in [-0.2, 0) is 11.2 Å². The largest absolute Gasteiger partial charge is 0.391 e. The predicted octanol–water partition coefficient (Wildman–Crippen LogP) is 1.80. The van der Waals surface area contributed by atoms with Gasteiger partial charge < -0.3 is 9.84 Å². The molecule has 3 nitrogen and oxygen atoms in total. The van der Waals surface area contributed by atoms with E-state index in [1.807, 2.05) is 32.0 Å². The summed E-state index contributed by atoms with van der Waals surface area (Å²) >= 11 is 0. The average molecular weight is 209 g/mol. The Morgan fingerprint density at radius 1 is 1.40 bits per heavy atom. The predicted molar refractivity (Wildman–Crippen MR) is 59.7 cm³/mol. The highest BCUT2D eigenvalue weighted by atomic mass is 16.5. The fourth-order valence-electron chi connectivity index (χ4n) is 1.25. The molecule has 15 heavy (non-hydrogen) atoms. The number of nitrogens with zero attached hydrogens (tertiary/aromatic N) is 1. The average Bonchev–Trinajstić information content (AvgIpc) is 2.25. The van der Waals surface area contributed by atoms with Crippen LogP contribution >= 0.6 is 0 Å². The van der Waals surface area contributed by atoms with Crippen LogP contribution in [0.1, 0.15) is 26.0 Å². The van der Waals surface area contributed by atoms with Crippen LogP contribution in [0, 0.1) is 0 Å². The molecule has 84 valence electrons. The van der Waals surface area contributed by atoms with Crippen LogP contribution in [0.5, 0.6) is 0 Å². The van der Waals surface area contributed by atoms with Gasteiger partial charge >= 0.3 is 0 Å². The maximum atomic E-state index is 9.61. The minimum Gasteiger partial charge on any atom is -0.391 e. The number of aromatic nitrogens is 1. The maximum absolute atomic E-state index is 9.61. The third kappa shape index (κ3) is 5.50. The first-order valence-electron chi connectivity index (χ1n) is 5.38. The summed E-state index contributed by atoms with van der Waals surface area (Å²) in [7, 11) is 0.